The van der Waals surface area contributed by atoms with Gasteiger partial charge < -0.3 is 10.2 Å². The zero-order valence-electron chi connectivity index (χ0n) is 9.53. The Morgan fingerprint density at radius 1 is 1.50 bits per heavy atom. The molecule has 0 radical (unpaired) electrons. The second kappa shape index (κ2) is 4.25. The summed E-state index contributed by atoms with van der Waals surface area (Å²) < 4.78 is 0. The third-order valence-corrected chi connectivity index (χ3v) is 2.83. The zero-order valence-corrected chi connectivity index (χ0v) is 9.53. The number of nitrogens with one attached hydrogen (secondary N) is 1. The SMILES string of the molecule is C=C(CNC1CC1)CN1C(=O)CN(C)C1=O. The van der Waals surface area contributed by atoms with E-state index in [1.54, 1.807) is 7.05 Å². The fraction of sp³-hybridized carbons (Fsp3) is 0.636. The number of carbonyl (C=O) groups is 2. The van der Waals surface area contributed by atoms with Crippen molar-refractivity contribution in [3.63, 3.8) is 0 Å². The van der Waals surface area contributed by atoms with E-state index in [0.29, 0.717) is 19.1 Å². The van der Waals surface area contributed by atoms with Crippen molar-refractivity contribution in [2.75, 3.05) is 26.7 Å². The highest BCUT2D eigenvalue weighted by atomic mass is 16.2. The average molecular weight is 223 g/mol. The second-order valence-corrected chi connectivity index (χ2v) is 4.52. The summed E-state index contributed by atoms with van der Waals surface area (Å²) in [7, 11) is 1.63. The lowest BCUT2D eigenvalue weighted by atomic mass is 10.3. The van der Waals surface area contributed by atoms with Gasteiger partial charge in [-0.15, -0.1) is 0 Å². The maximum absolute atomic E-state index is 11.6. The van der Waals surface area contributed by atoms with E-state index >= 15 is 0 Å². The van der Waals surface area contributed by atoms with Crippen LogP contribution in [0.4, 0.5) is 4.79 Å². The lowest BCUT2D eigenvalue weighted by Crippen LogP contribution is -2.35. The van der Waals surface area contributed by atoms with Crippen LogP contribution < -0.4 is 5.32 Å². The average Bonchev–Trinajstić information content (AvgIpc) is 3.01. The first kappa shape index (κ1) is 11.1. The molecule has 16 heavy (non-hydrogen) atoms. The molecule has 1 aliphatic carbocycles. The van der Waals surface area contributed by atoms with Crippen molar-refractivity contribution in [2.45, 2.75) is 18.9 Å². The van der Waals surface area contributed by atoms with Gasteiger partial charge in [-0.05, 0) is 18.4 Å². The third-order valence-electron chi connectivity index (χ3n) is 2.83. The number of carbonyl (C=O) groups excluding carboxylic acids is 2. The van der Waals surface area contributed by atoms with Crippen LogP contribution in [0.5, 0.6) is 0 Å². The maximum atomic E-state index is 11.6. The van der Waals surface area contributed by atoms with E-state index in [2.05, 4.69) is 11.9 Å². The summed E-state index contributed by atoms with van der Waals surface area (Å²) in [6.45, 7) is 5.09. The van der Waals surface area contributed by atoms with E-state index in [0.717, 1.165) is 5.57 Å². The molecule has 2 aliphatic rings. The van der Waals surface area contributed by atoms with Crippen molar-refractivity contribution < 1.29 is 9.59 Å². The van der Waals surface area contributed by atoms with Crippen LogP contribution in [0.2, 0.25) is 0 Å². The van der Waals surface area contributed by atoms with E-state index in [1.807, 2.05) is 0 Å². The monoisotopic (exact) mass is 223 g/mol. The molecule has 0 aromatic heterocycles. The lowest BCUT2D eigenvalue weighted by Gasteiger charge is -2.15. The molecule has 0 unspecified atom stereocenters. The molecular weight excluding hydrogens is 206 g/mol. The summed E-state index contributed by atoms with van der Waals surface area (Å²) in [5.74, 6) is -0.139. The van der Waals surface area contributed by atoms with Crippen LogP contribution in [0.15, 0.2) is 12.2 Å². The normalized spacial score (nSPS) is 20.8. The number of amides is 3. The maximum Gasteiger partial charge on any atom is 0.327 e. The van der Waals surface area contributed by atoms with Gasteiger partial charge in [0, 0.05) is 19.6 Å². The Morgan fingerprint density at radius 2 is 2.19 bits per heavy atom. The summed E-state index contributed by atoms with van der Waals surface area (Å²) >= 11 is 0. The molecular formula is C11H17N3O2. The first-order chi connectivity index (χ1) is 7.58. The predicted molar refractivity (Wildman–Crippen MR) is 59.9 cm³/mol. The van der Waals surface area contributed by atoms with E-state index in [4.69, 9.17) is 0 Å². The van der Waals surface area contributed by atoms with E-state index in [-0.39, 0.29) is 18.5 Å². The lowest BCUT2D eigenvalue weighted by molar-refractivity contribution is -0.125. The minimum absolute atomic E-state index is 0.139. The Bertz CT molecular complexity index is 336. The largest absolute Gasteiger partial charge is 0.327 e. The second-order valence-electron chi connectivity index (χ2n) is 4.52. The number of imide groups is 1. The van der Waals surface area contributed by atoms with Crippen LogP contribution >= 0.6 is 0 Å². The molecule has 3 amide bonds. The molecule has 0 atom stereocenters. The number of hydrogen-bond acceptors (Lipinski definition) is 3. The van der Waals surface area contributed by atoms with Gasteiger partial charge >= 0.3 is 6.03 Å². The summed E-state index contributed by atoms with van der Waals surface area (Å²) in [6, 6.07) is 0.391. The molecule has 2 rings (SSSR count). The number of hydrogen-bond donors (Lipinski definition) is 1. The minimum Gasteiger partial charge on any atom is -0.318 e. The van der Waals surface area contributed by atoms with Crippen LogP contribution in [0.25, 0.3) is 0 Å². The van der Waals surface area contributed by atoms with Crippen molar-refractivity contribution in [1.29, 1.82) is 0 Å². The van der Waals surface area contributed by atoms with E-state index in [1.165, 1.54) is 22.6 Å². The number of nitrogens with zero attached hydrogens (tertiary/aromatic N) is 2. The van der Waals surface area contributed by atoms with Crippen LogP contribution in [-0.4, -0.2) is 54.5 Å². The molecule has 88 valence electrons. The van der Waals surface area contributed by atoms with Gasteiger partial charge in [0.2, 0.25) is 0 Å². The summed E-state index contributed by atoms with van der Waals surface area (Å²) in [4.78, 5) is 25.7. The molecule has 1 aliphatic heterocycles. The Labute approximate surface area is 95.1 Å². The fourth-order valence-electron chi connectivity index (χ4n) is 1.68. The van der Waals surface area contributed by atoms with Gasteiger partial charge in [-0.3, -0.25) is 9.69 Å². The molecule has 1 saturated carbocycles. The predicted octanol–water partition coefficient (Wildman–Crippen LogP) is 0.189. The first-order valence-electron chi connectivity index (χ1n) is 5.53. The van der Waals surface area contributed by atoms with Gasteiger partial charge in [-0.2, -0.15) is 0 Å². The van der Waals surface area contributed by atoms with E-state index < -0.39 is 0 Å². The number of urea groups is 1. The highest BCUT2D eigenvalue weighted by Gasteiger charge is 2.33. The summed E-state index contributed by atoms with van der Waals surface area (Å²) in [6.07, 6.45) is 2.44. The summed E-state index contributed by atoms with van der Waals surface area (Å²) in [5, 5.41) is 3.31. The smallest absolute Gasteiger partial charge is 0.318 e. The Kier molecular flexibility index (Phi) is 2.96. The molecule has 0 bridgehead atoms. The molecule has 5 nitrogen and oxygen atoms in total. The van der Waals surface area contributed by atoms with Gasteiger partial charge in [0.1, 0.15) is 6.54 Å². The topological polar surface area (TPSA) is 52.7 Å². The molecule has 1 heterocycles. The van der Waals surface area contributed by atoms with Crippen LogP contribution in [0.1, 0.15) is 12.8 Å². The molecule has 0 aromatic carbocycles. The Balaban J connectivity index is 1.81. The molecule has 0 aromatic rings. The molecule has 0 spiro atoms. The van der Waals surface area contributed by atoms with Crippen molar-refractivity contribution in [2.24, 2.45) is 0 Å². The minimum atomic E-state index is -0.224. The van der Waals surface area contributed by atoms with Crippen molar-refractivity contribution in [3.05, 3.63) is 12.2 Å². The number of likely N-dealkylation sites (N-methyl/N-ethyl adjacent to an activating group) is 1. The van der Waals surface area contributed by atoms with Crippen LogP contribution in [0, 0.1) is 0 Å². The zero-order chi connectivity index (χ0) is 11.7. The number of rotatable bonds is 5. The van der Waals surface area contributed by atoms with Gasteiger partial charge in [-0.1, -0.05) is 6.58 Å². The van der Waals surface area contributed by atoms with Crippen molar-refractivity contribution in [3.8, 4) is 0 Å². The van der Waals surface area contributed by atoms with Gasteiger partial charge in [0.25, 0.3) is 5.91 Å². The molecule has 1 N–H and O–H groups in total. The molecule has 1 saturated heterocycles. The van der Waals surface area contributed by atoms with Crippen LogP contribution in [0.3, 0.4) is 0 Å². The quantitative estimate of drug-likeness (QED) is 0.534. The highest BCUT2D eigenvalue weighted by molar-refractivity contribution is 6.02. The van der Waals surface area contributed by atoms with Crippen molar-refractivity contribution >= 4 is 11.9 Å². The van der Waals surface area contributed by atoms with Gasteiger partial charge in [-0.25, -0.2) is 4.79 Å². The van der Waals surface area contributed by atoms with Crippen LogP contribution in [-0.2, 0) is 4.79 Å². The standard InChI is InChI=1S/C11H17N3O2/c1-8(5-12-9-3-4-9)6-14-10(15)7-13(2)11(14)16/h9,12H,1,3-7H2,2H3. The molecule has 2 fully saturated rings. The third kappa shape index (κ3) is 2.41. The van der Waals surface area contributed by atoms with Gasteiger partial charge in [0.05, 0.1) is 6.54 Å². The fourth-order valence-corrected chi connectivity index (χ4v) is 1.68. The van der Waals surface area contributed by atoms with E-state index in [9.17, 15) is 9.59 Å². The summed E-state index contributed by atoms with van der Waals surface area (Å²) in [5.41, 5.74) is 0.879. The molecule has 5 heteroatoms. The Hall–Kier alpha value is -1.36. The van der Waals surface area contributed by atoms with Crippen molar-refractivity contribution in [1.82, 2.24) is 15.1 Å². The van der Waals surface area contributed by atoms with Gasteiger partial charge in [0.15, 0.2) is 0 Å². The Morgan fingerprint density at radius 3 is 2.69 bits per heavy atom. The first-order valence-corrected chi connectivity index (χ1v) is 5.53. The highest BCUT2D eigenvalue weighted by Crippen LogP contribution is 2.18.